The summed E-state index contributed by atoms with van der Waals surface area (Å²) in [7, 11) is -3.14. The van der Waals surface area contributed by atoms with Crippen molar-refractivity contribution in [1.82, 2.24) is 0 Å². The summed E-state index contributed by atoms with van der Waals surface area (Å²) in [5.74, 6) is 0. The molecule has 0 fully saturated rings. The number of aldehydes is 1. The number of nitro benzene ring substituents is 1. The van der Waals surface area contributed by atoms with Crippen molar-refractivity contribution in [1.29, 1.82) is 0 Å². The standard InChI is InChI=1S/C24H25NO4Si/c1-24(2,16-15-19-13-14-21(25(27)28)17-20(19)18-26)30(29,22-9-5-3-6-10-22)23-11-7-4-8-12-23/h3-14,17-18,29H,15-16H2,1-2H3. The first-order valence-electron chi connectivity index (χ1n) is 9.85. The van der Waals surface area contributed by atoms with Crippen LogP contribution in [0.5, 0.6) is 0 Å². The van der Waals surface area contributed by atoms with Crippen LogP contribution in [0.15, 0.2) is 78.9 Å². The number of rotatable bonds is 8. The molecule has 0 saturated heterocycles. The Bertz CT molecular complexity index is 996. The smallest absolute Gasteiger partial charge is 0.270 e. The second-order valence-electron chi connectivity index (χ2n) is 8.08. The number of nitro groups is 1. The van der Waals surface area contributed by atoms with Crippen LogP contribution in [0, 0.1) is 10.1 Å². The Balaban J connectivity index is 1.97. The average Bonchev–Trinajstić information content (AvgIpc) is 2.78. The zero-order valence-electron chi connectivity index (χ0n) is 17.1. The minimum Gasteiger partial charge on any atom is -0.424 e. The number of benzene rings is 3. The van der Waals surface area contributed by atoms with Gasteiger partial charge in [0, 0.05) is 17.7 Å². The highest BCUT2D eigenvalue weighted by atomic mass is 28.4. The quantitative estimate of drug-likeness (QED) is 0.260. The molecule has 0 aliphatic heterocycles. The monoisotopic (exact) mass is 419 g/mol. The Morgan fingerprint density at radius 2 is 1.50 bits per heavy atom. The van der Waals surface area contributed by atoms with E-state index >= 15 is 0 Å². The summed E-state index contributed by atoms with van der Waals surface area (Å²) in [4.78, 5) is 34.2. The van der Waals surface area contributed by atoms with Crippen LogP contribution >= 0.6 is 0 Å². The molecule has 0 atom stereocenters. The lowest BCUT2D eigenvalue weighted by molar-refractivity contribution is -0.384. The predicted molar refractivity (Wildman–Crippen MR) is 121 cm³/mol. The summed E-state index contributed by atoms with van der Waals surface area (Å²) in [6.07, 6.45) is 1.82. The number of carbonyl (C=O) groups is 1. The van der Waals surface area contributed by atoms with Crippen molar-refractivity contribution in [3.63, 3.8) is 0 Å². The fourth-order valence-electron chi connectivity index (χ4n) is 3.97. The van der Waals surface area contributed by atoms with Crippen molar-refractivity contribution in [2.75, 3.05) is 0 Å². The van der Waals surface area contributed by atoms with Gasteiger partial charge in [-0.3, -0.25) is 14.9 Å². The highest BCUT2D eigenvalue weighted by molar-refractivity contribution is 6.98. The molecule has 6 heteroatoms. The largest absolute Gasteiger partial charge is 0.424 e. The highest BCUT2D eigenvalue weighted by Crippen LogP contribution is 2.40. The fraction of sp³-hybridized carbons (Fsp3) is 0.208. The topological polar surface area (TPSA) is 80.4 Å². The lowest BCUT2D eigenvalue weighted by atomic mass is 9.98. The molecule has 0 bridgehead atoms. The van der Waals surface area contributed by atoms with Crippen molar-refractivity contribution < 1.29 is 14.5 Å². The van der Waals surface area contributed by atoms with Gasteiger partial charge in [0.25, 0.3) is 14.0 Å². The number of hydrogen-bond acceptors (Lipinski definition) is 4. The van der Waals surface area contributed by atoms with Crippen LogP contribution in [0.4, 0.5) is 5.69 Å². The maximum absolute atomic E-state index is 12.2. The summed E-state index contributed by atoms with van der Waals surface area (Å²) in [6.45, 7) is 4.12. The van der Waals surface area contributed by atoms with Gasteiger partial charge in [-0.15, -0.1) is 0 Å². The Hall–Kier alpha value is -3.09. The van der Waals surface area contributed by atoms with Crippen LogP contribution in [-0.2, 0) is 6.42 Å². The Labute approximate surface area is 177 Å². The molecule has 0 aromatic heterocycles. The SMILES string of the molecule is CC(C)(CCc1ccc([N+](=O)[O-])cc1C=O)[Si](O)(c1ccccc1)c1ccccc1. The van der Waals surface area contributed by atoms with Crippen molar-refractivity contribution in [3.05, 3.63) is 100 Å². The second-order valence-corrected chi connectivity index (χ2v) is 12.0. The van der Waals surface area contributed by atoms with Gasteiger partial charge in [-0.05, 0) is 33.8 Å². The Morgan fingerprint density at radius 3 is 1.97 bits per heavy atom. The van der Waals surface area contributed by atoms with Gasteiger partial charge in [-0.2, -0.15) is 0 Å². The third-order valence-corrected chi connectivity index (χ3v) is 10.4. The Morgan fingerprint density at radius 1 is 0.967 bits per heavy atom. The number of nitrogens with zero attached hydrogens (tertiary/aromatic N) is 1. The zero-order chi connectivity index (χ0) is 21.8. The van der Waals surface area contributed by atoms with E-state index in [0.717, 1.165) is 15.9 Å². The van der Waals surface area contributed by atoms with E-state index < -0.39 is 18.3 Å². The molecule has 0 amide bonds. The average molecular weight is 420 g/mol. The first-order valence-corrected chi connectivity index (χ1v) is 11.8. The van der Waals surface area contributed by atoms with E-state index in [1.165, 1.54) is 12.1 Å². The van der Waals surface area contributed by atoms with E-state index in [1.807, 2.05) is 60.7 Å². The van der Waals surface area contributed by atoms with Crippen molar-refractivity contribution in [3.8, 4) is 0 Å². The number of carbonyl (C=O) groups excluding carboxylic acids is 1. The molecule has 0 spiro atoms. The molecule has 0 saturated carbocycles. The third kappa shape index (κ3) is 4.10. The van der Waals surface area contributed by atoms with Gasteiger partial charge in [0.15, 0.2) is 6.29 Å². The van der Waals surface area contributed by atoms with Crippen LogP contribution in [0.25, 0.3) is 0 Å². The zero-order valence-corrected chi connectivity index (χ0v) is 18.1. The highest BCUT2D eigenvalue weighted by Gasteiger charge is 2.49. The first kappa shape index (κ1) is 21.6. The van der Waals surface area contributed by atoms with Crippen molar-refractivity contribution in [2.24, 2.45) is 0 Å². The van der Waals surface area contributed by atoms with E-state index in [2.05, 4.69) is 13.8 Å². The summed E-state index contributed by atoms with van der Waals surface area (Å²) in [5.41, 5.74) is 0.977. The van der Waals surface area contributed by atoms with Gasteiger partial charge in [-0.25, -0.2) is 0 Å². The van der Waals surface area contributed by atoms with Gasteiger partial charge in [-0.1, -0.05) is 80.6 Å². The third-order valence-electron chi connectivity index (χ3n) is 5.85. The van der Waals surface area contributed by atoms with Gasteiger partial charge in [0.05, 0.1) is 4.92 Å². The maximum Gasteiger partial charge on any atom is 0.270 e. The van der Waals surface area contributed by atoms with E-state index in [0.29, 0.717) is 24.7 Å². The van der Waals surface area contributed by atoms with Crippen molar-refractivity contribution in [2.45, 2.75) is 31.7 Å². The van der Waals surface area contributed by atoms with Gasteiger partial charge in [0.2, 0.25) is 0 Å². The van der Waals surface area contributed by atoms with Crippen LogP contribution in [0.1, 0.15) is 36.2 Å². The number of aryl methyl sites for hydroxylation is 1. The lowest BCUT2D eigenvalue weighted by Crippen LogP contribution is -2.65. The normalized spacial score (nSPS) is 11.8. The fourth-order valence-corrected chi connectivity index (χ4v) is 7.70. The number of hydrogen-bond donors (Lipinski definition) is 1. The Kier molecular flexibility index (Phi) is 6.29. The lowest BCUT2D eigenvalue weighted by Gasteiger charge is -2.41. The molecule has 3 aromatic rings. The van der Waals surface area contributed by atoms with E-state index in [1.54, 1.807) is 6.07 Å². The molecular formula is C24H25NO4Si. The molecular weight excluding hydrogens is 394 g/mol. The van der Waals surface area contributed by atoms with Crippen LogP contribution in [-0.4, -0.2) is 24.3 Å². The molecule has 0 heterocycles. The van der Waals surface area contributed by atoms with Crippen LogP contribution < -0.4 is 10.4 Å². The minimum absolute atomic E-state index is 0.0976. The summed E-state index contributed by atoms with van der Waals surface area (Å²) in [6, 6.07) is 23.9. The molecule has 0 unspecified atom stereocenters. The molecule has 154 valence electrons. The number of non-ortho nitro benzene ring substituents is 1. The van der Waals surface area contributed by atoms with Gasteiger partial charge < -0.3 is 4.80 Å². The van der Waals surface area contributed by atoms with E-state index in [-0.39, 0.29) is 5.69 Å². The summed E-state index contributed by atoms with van der Waals surface area (Å²) >= 11 is 0. The molecule has 0 aliphatic rings. The van der Waals surface area contributed by atoms with Crippen molar-refractivity contribution >= 4 is 30.7 Å². The molecule has 3 rings (SSSR count). The molecule has 0 radical (unpaired) electrons. The molecule has 3 aromatic carbocycles. The minimum atomic E-state index is -3.14. The first-order chi connectivity index (χ1) is 14.3. The molecule has 30 heavy (non-hydrogen) atoms. The van der Waals surface area contributed by atoms with E-state index in [9.17, 15) is 19.7 Å². The van der Waals surface area contributed by atoms with Crippen LogP contribution in [0.3, 0.4) is 0 Å². The maximum atomic E-state index is 12.2. The van der Waals surface area contributed by atoms with Crippen LogP contribution in [0.2, 0.25) is 5.04 Å². The van der Waals surface area contributed by atoms with Gasteiger partial charge >= 0.3 is 0 Å². The predicted octanol–water partition coefficient (Wildman–Crippen LogP) is 3.87. The molecule has 1 N–H and O–H groups in total. The second kappa shape index (κ2) is 8.73. The van der Waals surface area contributed by atoms with Gasteiger partial charge in [0.1, 0.15) is 0 Å². The molecule has 5 nitrogen and oxygen atoms in total. The molecule has 0 aliphatic carbocycles. The summed E-state index contributed by atoms with van der Waals surface area (Å²) < 4.78 is 0. The van der Waals surface area contributed by atoms with E-state index in [4.69, 9.17) is 0 Å². The summed E-state index contributed by atoms with van der Waals surface area (Å²) in [5, 5.41) is 12.4.